The fraction of sp³-hybridized carbons (Fsp3) is 0.381. The predicted octanol–water partition coefficient (Wildman–Crippen LogP) is 3.76. The number of para-hydroxylation sites is 1. The van der Waals surface area contributed by atoms with Gasteiger partial charge in [0.2, 0.25) is 0 Å². The van der Waals surface area contributed by atoms with Crippen LogP contribution in [0.25, 0.3) is 0 Å². The predicted molar refractivity (Wildman–Crippen MR) is 101 cm³/mol. The number of carbonyl (C=O) groups is 1. The van der Waals surface area contributed by atoms with Crippen LogP contribution in [0.3, 0.4) is 0 Å². The number of benzene rings is 2. The Hall–Kier alpha value is -2.77. The average Bonchev–Trinajstić information content (AvgIpc) is 3.41. The van der Waals surface area contributed by atoms with E-state index in [4.69, 9.17) is 9.47 Å². The van der Waals surface area contributed by atoms with Crippen LogP contribution in [0.1, 0.15) is 43.0 Å². The van der Waals surface area contributed by atoms with Crippen molar-refractivity contribution in [3.8, 4) is 0 Å². The van der Waals surface area contributed by atoms with Gasteiger partial charge in [-0.25, -0.2) is 0 Å². The third-order valence-corrected chi connectivity index (χ3v) is 5.24. The van der Waals surface area contributed by atoms with E-state index in [1.807, 2.05) is 37.3 Å². The maximum Gasteiger partial charge on any atom is 0.275 e. The molecule has 2 aromatic rings. The molecule has 0 radical (unpaired) electrons. The second kappa shape index (κ2) is 7.69. The molecule has 0 bridgehead atoms. The summed E-state index contributed by atoms with van der Waals surface area (Å²) in [6, 6.07) is 16.0. The van der Waals surface area contributed by atoms with Crippen LogP contribution in [0, 0.1) is 10.1 Å². The van der Waals surface area contributed by atoms with Crippen LogP contribution >= 0.6 is 0 Å². The van der Waals surface area contributed by atoms with Crippen molar-refractivity contribution in [1.29, 1.82) is 0 Å². The number of amides is 1. The molecule has 0 aliphatic carbocycles. The van der Waals surface area contributed by atoms with E-state index in [-0.39, 0.29) is 23.9 Å². The summed E-state index contributed by atoms with van der Waals surface area (Å²) >= 11 is 0. The normalized spacial score (nSPS) is 26.2. The van der Waals surface area contributed by atoms with Crippen LogP contribution in [-0.2, 0) is 14.3 Å². The number of hydrogen-bond acceptors (Lipinski definition) is 5. The fourth-order valence-electron chi connectivity index (χ4n) is 3.84. The minimum absolute atomic E-state index is 0.0230. The summed E-state index contributed by atoms with van der Waals surface area (Å²) in [5.41, 5.74) is 1.43. The van der Waals surface area contributed by atoms with Crippen molar-refractivity contribution in [1.82, 2.24) is 4.90 Å². The van der Waals surface area contributed by atoms with Crippen LogP contribution in [0.2, 0.25) is 0 Å². The molecule has 2 aliphatic heterocycles. The van der Waals surface area contributed by atoms with Crippen molar-refractivity contribution < 1.29 is 19.2 Å². The van der Waals surface area contributed by atoms with Gasteiger partial charge in [0, 0.05) is 6.07 Å². The Morgan fingerprint density at radius 2 is 1.89 bits per heavy atom. The number of nitrogens with zero attached hydrogens (tertiary/aromatic N) is 2. The quantitative estimate of drug-likeness (QED) is 0.431. The highest BCUT2D eigenvalue weighted by Crippen LogP contribution is 2.45. The molecule has 2 aliphatic rings. The second-order valence-electron chi connectivity index (χ2n) is 7.04. The minimum Gasteiger partial charge on any atom is -0.356 e. The molecule has 2 aromatic carbocycles. The molecular weight excluding hydrogens is 360 g/mol. The monoisotopic (exact) mass is 382 g/mol. The van der Waals surface area contributed by atoms with Gasteiger partial charge in [-0.05, 0) is 18.1 Å². The highest BCUT2D eigenvalue weighted by Gasteiger charge is 2.53. The first-order chi connectivity index (χ1) is 13.6. The molecule has 4 rings (SSSR count). The maximum absolute atomic E-state index is 13.3. The number of epoxide rings is 1. The van der Waals surface area contributed by atoms with Gasteiger partial charge >= 0.3 is 0 Å². The van der Waals surface area contributed by atoms with Gasteiger partial charge in [-0.1, -0.05) is 55.8 Å². The van der Waals surface area contributed by atoms with Crippen LogP contribution in [0.5, 0.6) is 0 Å². The highest BCUT2D eigenvalue weighted by atomic mass is 16.6. The van der Waals surface area contributed by atoms with Crippen molar-refractivity contribution in [2.45, 2.75) is 44.2 Å². The minimum atomic E-state index is -0.714. The molecular formula is C21H22N2O5. The number of hydrogen-bond donors (Lipinski definition) is 0. The Kier molecular flexibility index (Phi) is 5.11. The Labute approximate surface area is 163 Å². The molecule has 2 fully saturated rings. The molecule has 7 heteroatoms. The third-order valence-electron chi connectivity index (χ3n) is 5.24. The number of nitro groups is 1. The Morgan fingerprint density at radius 1 is 1.18 bits per heavy atom. The van der Waals surface area contributed by atoms with E-state index >= 15 is 0 Å². The van der Waals surface area contributed by atoms with E-state index in [0.717, 1.165) is 18.4 Å². The van der Waals surface area contributed by atoms with Crippen molar-refractivity contribution >= 4 is 11.6 Å². The molecule has 0 aromatic heterocycles. The summed E-state index contributed by atoms with van der Waals surface area (Å²) in [6.45, 7) is 2.48. The van der Waals surface area contributed by atoms with Crippen molar-refractivity contribution in [2.75, 3.05) is 6.61 Å². The van der Waals surface area contributed by atoms with E-state index in [1.54, 1.807) is 23.1 Å². The van der Waals surface area contributed by atoms with Gasteiger partial charge in [0.15, 0.2) is 6.10 Å². The number of nitro benzene ring substituents is 1. The third kappa shape index (κ3) is 3.39. The van der Waals surface area contributed by atoms with E-state index in [1.165, 1.54) is 6.07 Å². The first-order valence-electron chi connectivity index (χ1n) is 9.49. The maximum atomic E-state index is 13.3. The molecule has 0 unspecified atom stereocenters. The fourth-order valence-corrected chi connectivity index (χ4v) is 3.84. The molecule has 2 saturated heterocycles. The molecule has 146 valence electrons. The SMILES string of the molecule is CCC[C@H]1OC[C@@H](c2ccccc2)N1C(=O)[C@@H]1O[C@H]1c1ccccc1[N+](=O)[O-]. The van der Waals surface area contributed by atoms with Gasteiger partial charge in [0.25, 0.3) is 11.6 Å². The number of ether oxygens (including phenoxy) is 2. The zero-order valence-corrected chi connectivity index (χ0v) is 15.6. The van der Waals surface area contributed by atoms with Gasteiger partial charge in [-0.15, -0.1) is 0 Å². The summed E-state index contributed by atoms with van der Waals surface area (Å²) in [5.74, 6) is -0.173. The van der Waals surface area contributed by atoms with E-state index < -0.39 is 17.1 Å². The van der Waals surface area contributed by atoms with Crippen molar-refractivity contribution in [3.05, 3.63) is 75.8 Å². The second-order valence-corrected chi connectivity index (χ2v) is 7.04. The molecule has 28 heavy (non-hydrogen) atoms. The first kappa shape index (κ1) is 18.6. The number of carbonyl (C=O) groups excluding carboxylic acids is 1. The summed E-state index contributed by atoms with van der Waals surface area (Å²) in [4.78, 5) is 25.9. The summed E-state index contributed by atoms with van der Waals surface area (Å²) < 4.78 is 11.5. The Bertz CT molecular complexity index is 872. The van der Waals surface area contributed by atoms with Crippen LogP contribution in [-0.4, -0.2) is 34.7 Å². The smallest absolute Gasteiger partial charge is 0.275 e. The lowest BCUT2D eigenvalue weighted by atomic mass is 10.0. The molecule has 1 amide bonds. The van der Waals surface area contributed by atoms with Crippen LogP contribution in [0.15, 0.2) is 54.6 Å². The molecule has 2 heterocycles. The molecule has 0 N–H and O–H groups in total. The van der Waals surface area contributed by atoms with Gasteiger partial charge in [0.05, 0.1) is 23.1 Å². The Balaban J connectivity index is 1.58. The summed E-state index contributed by atoms with van der Waals surface area (Å²) in [6.07, 6.45) is 0.00703. The largest absolute Gasteiger partial charge is 0.356 e. The van der Waals surface area contributed by atoms with E-state index in [0.29, 0.717) is 12.2 Å². The van der Waals surface area contributed by atoms with Crippen LogP contribution < -0.4 is 0 Å². The zero-order chi connectivity index (χ0) is 19.7. The van der Waals surface area contributed by atoms with E-state index in [9.17, 15) is 14.9 Å². The average molecular weight is 382 g/mol. The highest BCUT2D eigenvalue weighted by molar-refractivity contribution is 5.85. The Morgan fingerprint density at radius 3 is 2.61 bits per heavy atom. The first-order valence-corrected chi connectivity index (χ1v) is 9.49. The van der Waals surface area contributed by atoms with Crippen molar-refractivity contribution in [3.63, 3.8) is 0 Å². The van der Waals surface area contributed by atoms with Crippen molar-refractivity contribution in [2.24, 2.45) is 0 Å². The topological polar surface area (TPSA) is 85.2 Å². The van der Waals surface area contributed by atoms with Gasteiger partial charge < -0.3 is 14.4 Å². The summed E-state index contributed by atoms with van der Waals surface area (Å²) in [5, 5.41) is 11.3. The van der Waals surface area contributed by atoms with Crippen LogP contribution in [0.4, 0.5) is 5.69 Å². The zero-order valence-electron chi connectivity index (χ0n) is 15.6. The molecule has 7 nitrogen and oxygen atoms in total. The van der Waals surface area contributed by atoms with Gasteiger partial charge in [0.1, 0.15) is 12.3 Å². The number of rotatable bonds is 6. The van der Waals surface area contributed by atoms with Gasteiger partial charge in [-0.3, -0.25) is 14.9 Å². The molecule has 0 spiro atoms. The molecule has 0 saturated carbocycles. The standard InChI is InChI=1S/C21H22N2O5/c1-2-8-18-22(17(13-27-18)14-9-4-3-5-10-14)21(24)20-19(28-20)15-11-6-7-12-16(15)23(25)26/h3-7,9-12,17-20H,2,8,13H2,1H3/t17-,18+,19-,20+/m0/s1. The lowest BCUT2D eigenvalue weighted by Crippen LogP contribution is -2.40. The lowest BCUT2D eigenvalue weighted by molar-refractivity contribution is -0.385. The lowest BCUT2D eigenvalue weighted by Gasteiger charge is -2.28. The van der Waals surface area contributed by atoms with Gasteiger partial charge in [-0.2, -0.15) is 0 Å². The molecule has 4 atom stereocenters. The summed E-state index contributed by atoms with van der Waals surface area (Å²) in [7, 11) is 0. The van der Waals surface area contributed by atoms with E-state index in [2.05, 4.69) is 0 Å².